The van der Waals surface area contributed by atoms with Gasteiger partial charge in [0.25, 0.3) is 0 Å². The van der Waals surface area contributed by atoms with Gasteiger partial charge in [-0.3, -0.25) is 4.79 Å². The molecular formula is C21H22N2O. The Morgan fingerprint density at radius 2 is 1.75 bits per heavy atom. The van der Waals surface area contributed by atoms with Crippen LogP contribution in [0.25, 0.3) is 6.08 Å². The fourth-order valence-corrected chi connectivity index (χ4v) is 2.92. The highest BCUT2D eigenvalue weighted by molar-refractivity contribution is 5.97. The van der Waals surface area contributed by atoms with Crippen LogP contribution in [0.15, 0.2) is 71.8 Å². The number of hydrazone groups is 1. The number of hydrogen-bond acceptors (Lipinski definition) is 2. The average molecular weight is 318 g/mol. The number of allylic oxidation sites excluding steroid dienone is 1. The van der Waals surface area contributed by atoms with Gasteiger partial charge in [-0.1, -0.05) is 73.7 Å². The Labute approximate surface area is 143 Å². The maximum absolute atomic E-state index is 12.3. The molecule has 1 aliphatic rings. The third-order valence-electron chi connectivity index (χ3n) is 4.65. The highest BCUT2D eigenvalue weighted by atomic mass is 16.2. The molecule has 1 saturated carbocycles. The molecule has 0 aliphatic heterocycles. The average Bonchev–Trinajstić information content (AvgIpc) is 3.33. The monoisotopic (exact) mass is 318 g/mol. The summed E-state index contributed by atoms with van der Waals surface area (Å²) in [5.74, 6) is -0.0108. The number of nitrogens with one attached hydrogen (secondary N) is 1. The Balaban J connectivity index is 1.57. The first-order valence-corrected chi connectivity index (χ1v) is 8.22. The largest absolute Gasteiger partial charge is 0.273 e. The summed E-state index contributed by atoms with van der Waals surface area (Å²) < 4.78 is 0. The second kappa shape index (κ2) is 6.83. The third-order valence-corrected chi connectivity index (χ3v) is 4.65. The van der Waals surface area contributed by atoms with Gasteiger partial charge in [0.05, 0.1) is 11.6 Å². The summed E-state index contributed by atoms with van der Waals surface area (Å²) in [5.41, 5.74) is 5.74. The van der Waals surface area contributed by atoms with Crippen molar-refractivity contribution in [3.63, 3.8) is 0 Å². The van der Waals surface area contributed by atoms with Gasteiger partial charge in [0.2, 0.25) is 5.91 Å². The van der Waals surface area contributed by atoms with E-state index in [0.717, 1.165) is 17.7 Å². The fraction of sp³-hybridized carbons (Fsp3) is 0.238. The number of carbonyl (C=O) groups is 1. The van der Waals surface area contributed by atoms with E-state index in [2.05, 4.69) is 29.6 Å². The molecular weight excluding hydrogens is 296 g/mol. The van der Waals surface area contributed by atoms with Gasteiger partial charge < -0.3 is 0 Å². The van der Waals surface area contributed by atoms with Gasteiger partial charge in [0.1, 0.15) is 0 Å². The molecule has 0 aromatic heterocycles. The second-order valence-electron chi connectivity index (χ2n) is 6.51. The summed E-state index contributed by atoms with van der Waals surface area (Å²) in [7, 11) is 0. The Hall–Kier alpha value is -2.68. The molecule has 0 unspecified atom stereocenters. The van der Waals surface area contributed by atoms with E-state index >= 15 is 0 Å². The van der Waals surface area contributed by atoms with Crippen LogP contribution in [0.4, 0.5) is 0 Å². The number of nitrogens with zero attached hydrogens (tertiary/aromatic N) is 1. The number of benzene rings is 2. The molecule has 24 heavy (non-hydrogen) atoms. The maximum atomic E-state index is 12.3. The van der Waals surface area contributed by atoms with Gasteiger partial charge in [-0.05, 0) is 30.5 Å². The SMILES string of the molecule is CC(/C=C/c1ccccc1)=NNC(=O)[C@@H]1C[C@]1(C)c1ccccc1. The zero-order valence-electron chi connectivity index (χ0n) is 14.1. The van der Waals surface area contributed by atoms with Crippen molar-refractivity contribution in [1.82, 2.24) is 5.43 Å². The first-order valence-electron chi connectivity index (χ1n) is 8.22. The van der Waals surface area contributed by atoms with Gasteiger partial charge in [-0.25, -0.2) is 5.43 Å². The molecule has 2 aromatic carbocycles. The van der Waals surface area contributed by atoms with Gasteiger partial charge in [0.15, 0.2) is 0 Å². The lowest BCUT2D eigenvalue weighted by Crippen LogP contribution is -2.24. The summed E-state index contributed by atoms with van der Waals surface area (Å²) in [6, 6.07) is 20.2. The molecule has 3 heteroatoms. The quantitative estimate of drug-likeness (QED) is 0.652. The van der Waals surface area contributed by atoms with E-state index in [1.165, 1.54) is 5.56 Å². The van der Waals surface area contributed by atoms with E-state index in [-0.39, 0.29) is 17.2 Å². The minimum atomic E-state index is -0.0609. The van der Waals surface area contributed by atoms with E-state index in [9.17, 15) is 4.79 Å². The van der Waals surface area contributed by atoms with Crippen LogP contribution >= 0.6 is 0 Å². The molecule has 2 aromatic rings. The molecule has 2 atom stereocenters. The Morgan fingerprint density at radius 3 is 2.42 bits per heavy atom. The molecule has 0 heterocycles. The Bertz CT molecular complexity index is 765. The molecule has 0 saturated heterocycles. The lowest BCUT2D eigenvalue weighted by atomic mass is 9.95. The molecule has 1 N–H and O–H groups in total. The lowest BCUT2D eigenvalue weighted by Gasteiger charge is -2.10. The smallest absolute Gasteiger partial charge is 0.244 e. The zero-order chi connectivity index (χ0) is 17.0. The second-order valence-corrected chi connectivity index (χ2v) is 6.51. The van der Waals surface area contributed by atoms with Gasteiger partial charge in [-0.15, -0.1) is 0 Å². The van der Waals surface area contributed by atoms with Crippen LogP contribution in [0.1, 0.15) is 31.4 Å². The third kappa shape index (κ3) is 3.62. The topological polar surface area (TPSA) is 41.5 Å². The molecule has 3 rings (SSSR count). The zero-order valence-corrected chi connectivity index (χ0v) is 14.1. The van der Waals surface area contributed by atoms with Crippen LogP contribution in [0, 0.1) is 5.92 Å². The van der Waals surface area contributed by atoms with Crippen LogP contribution in [0.5, 0.6) is 0 Å². The predicted octanol–water partition coefficient (Wildman–Crippen LogP) is 4.17. The number of carbonyl (C=O) groups excluding carboxylic acids is 1. The minimum absolute atomic E-state index is 0.00504. The minimum Gasteiger partial charge on any atom is -0.273 e. The van der Waals surface area contributed by atoms with Gasteiger partial charge in [-0.2, -0.15) is 5.10 Å². The number of amides is 1. The maximum Gasteiger partial charge on any atom is 0.244 e. The van der Waals surface area contributed by atoms with Crippen molar-refractivity contribution in [1.29, 1.82) is 0 Å². The fourth-order valence-electron chi connectivity index (χ4n) is 2.92. The van der Waals surface area contributed by atoms with Crippen LogP contribution in [-0.4, -0.2) is 11.6 Å². The van der Waals surface area contributed by atoms with E-state index in [1.54, 1.807) is 0 Å². The summed E-state index contributed by atoms with van der Waals surface area (Å²) >= 11 is 0. The van der Waals surface area contributed by atoms with E-state index < -0.39 is 0 Å². The van der Waals surface area contributed by atoms with Crippen molar-refractivity contribution >= 4 is 17.7 Å². The summed E-state index contributed by atoms with van der Waals surface area (Å²) in [6.45, 7) is 4.02. The number of hydrogen-bond donors (Lipinski definition) is 1. The Kier molecular flexibility index (Phi) is 4.61. The van der Waals surface area contributed by atoms with Crippen LogP contribution < -0.4 is 5.43 Å². The summed E-state index contributed by atoms with van der Waals surface area (Å²) in [6.07, 6.45) is 4.76. The molecule has 3 nitrogen and oxygen atoms in total. The molecule has 1 fully saturated rings. The van der Waals surface area contributed by atoms with Crippen LogP contribution in [-0.2, 0) is 10.2 Å². The van der Waals surface area contributed by atoms with Crippen molar-refractivity contribution in [2.24, 2.45) is 11.0 Å². The molecule has 0 spiro atoms. The predicted molar refractivity (Wildman–Crippen MR) is 98.6 cm³/mol. The highest BCUT2D eigenvalue weighted by Crippen LogP contribution is 2.53. The molecule has 0 bridgehead atoms. The van der Waals surface area contributed by atoms with Gasteiger partial charge >= 0.3 is 0 Å². The normalized spacial score (nSPS) is 23.2. The first-order chi connectivity index (χ1) is 11.6. The van der Waals surface area contributed by atoms with Crippen LogP contribution in [0.2, 0.25) is 0 Å². The van der Waals surface area contributed by atoms with E-state index in [0.29, 0.717) is 0 Å². The number of rotatable bonds is 5. The molecule has 122 valence electrons. The van der Waals surface area contributed by atoms with Crippen molar-refractivity contribution in [3.05, 3.63) is 77.9 Å². The summed E-state index contributed by atoms with van der Waals surface area (Å²) in [4.78, 5) is 12.3. The summed E-state index contributed by atoms with van der Waals surface area (Å²) in [5, 5.41) is 4.19. The van der Waals surface area contributed by atoms with Crippen molar-refractivity contribution in [2.75, 3.05) is 0 Å². The Morgan fingerprint density at radius 1 is 1.12 bits per heavy atom. The molecule has 0 radical (unpaired) electrons. The van der Waals surface area contributed by atoms with E-state index in [4.69, 9.17) is 0 Å². The van der Waals surface area contributed by atoms with Gasteiger partial charge in [0, 0.05) is 5.41 Å². The van der Waals surface area contributed by atoms with Crippen molar-refractivity contribution in [2.45, 2.75) is 25.7 Å². The van der Waals surface area contributed by atoms with Crippen molar-refractivity contribution < 1.29 is 4.79 Å². The molecule has 1 amide bonds. The standard InChI is InChI=1S/C21H22N2O/c1-16(13-14-17-9-5-3-6-10-17)22-23-20(24)19-15-21(19,2)18-11-7-4-8-12-18/h3-14,19H,15H2,1-2H3,(H,23,24)/b14-13+,22-16?/t19-,21+/m0/s1. The van der Waals surface area contributed by atoms with Crippen molar-refractivity contribution in [3.8, 4) is 0 Å². The molecule has 1 aliphatic carbocycles. The highest BCUT2D eigenvalue weighted by Gasteiger charge is 2.55. The first kappa shape index (κ1) is 16.2. The lowest BCUT2D eigenvalue weighted by molar-refractivity contribution is -0.122. The van der Waals surface area contributed by atoms with E-state index in [1.807, 2.05) is 67.6 Å². The van der Waals surface area contributed by atoms with Crippen LogP contribution in [0.3, 0.4) is 0 Å².